The van der Waals surface area contributed by atoms with Gasteiger partial charge in [0.2, 0.25) is 0 Å². The van der Waals surface area contributed by atoms with E-state index in [2.05, 4.69) is 62.4 Å². The van der Waals surface area contributed by atoms with Crippen LogP contribution in [0, 0.1) is 6.92 Å². The number of thiazole rings is 1. The fourth-order valence-corrected chi connectivity index (χ4v) is 3.89. The molecule has 0 saturated carbocycles. The van der Waals surface area contributed by atoms with Crippen LogP contribution < -0.4 is 10.2 Å². The van der Waals surface area contributed by atoms with E-state index in [1.54, 1.807) is 11.3 Å². The predicted octanol–water partition coefficient (Wildman–Crippen LogP) is 2.81. The molecular formula is C20H32IN7S. The van der Waals surface area contributed by atoms with Crippen LogP contribution in [0.25, 0.3) is 0 Å². The van der Waals surface area contributed by atoms with Crippen LogP contribution in [0.3, 0.4) is 0 Å². The molecule has 0 bridgehead atoms. The molecule has 0 atom stereocenters. The Bertz CT molecular complexity index is 787. The molecule has 1 fully saturated rings. The minimum absolute atomic E-state index is 0. The highest BCUT2D eigenvalue weighted by Crippen LogP contribution is 2.20. The third kappa shape index (κ3) is 6.78. The Morgan fingerprint density at radius 3 is 2.72 bits per heavy atom. The molecule has 1 aliphatic heterocycles. The van der Waals surface area contributed by atoms with Crippen molar-refractivity contribution in [3.05, 3.63) is 40.0 Å². The molecule has 1 saturated heterocycles. The lowest BCUT2D eigenvalue weighted by molar-refractivity contribution is 0.312. The monoisotopic (exact) mass is 529 g/mol. The number of aromatic nitrogens is 2. The predicted molar refractivity (Wildman–Crippen MR) is 132 cm³/mol. The van der Waals surface area contributed by atoms with Crippen molar-refractivity contribution >= 4 is 47.1 Å². The lowest BCUT2D eigenvalue weighted by Crippen LogP contribution is -2.45. The maximum atomic E-state index is 4.89. The van der Waals surface area contributed by atoms with Gasteiger partial charge in [-0.25, -0.2) is 15.0 Å². The first-order valence-electron chi connectivity index (χ1n) is 9.84. The molecule has 1 N–H and O–H groups in total. The zero-order valence-corrected chi connectivity index (χ0v) is 20.9. The Morgan fingerprint density at radius 2 is 2.07 bits per heavy atom. The van der Waals surface area contributed by atoms with E-state index in [1.807, 2.05) is 19.2 Å². The molecule has 7 nitrogen and oxygen atoms in total. The van der Waals surface area contributed by atoms with Crippen LogP contribution in [0.15, 0.2) is 28.7 Å². The minimum atomic E-state index is 0. The highest BCUT2D eigenvalue weighted by Gasteiger charge is 2.18. The number of nitrogens with one attached hydrogen (secondary N) is 1. The van der Waals surface area contributed by atoms with Crippen LogP contribution >= 0.6 is 35.3 Å². The number of piperazine rings is 1. The first-order chi connectivity index (χ1) is 13.6. The molecule has 0 amide bonds. The van der Waals surface area contributed by atoms with Gasteiger partial charge in [0.05, 0.1) is 23.8 Å². The SMILES string of the molecule is CCNC(=NCc1cccnc1N1CCN(C)CC1)N(C)Cc1csc(C)n1.I. The summed E-state index contributed by atoms with van der Waals surface area (Å²) in [6, 6.07) is 4.14. The zero-order valence-electron chi connectivity index (χ0n) is 17.8. The van der Waals surface area contributed by atoms with Crippen molar-refractivity contribution in [3.63, 3.8) is 0 Å². The number of nitrogens with zero attached hydrogens (tertiary/aromatic N) is 6. The number of aryl methyl sites for hydroxylation is 1. The van der Waals surface area contributed by atoms with Gasteiger partial charge in [-0.1, -0.05) is 6.07 Å². The maximum Gasteiger partial charge on any atom is 0.194 e. The Kier molecular flexibility index (Phi) is 9.57. The second-order valence-corrected chi connectivity index (χ2v) is 8.22. The van der Waals surface area contributed by atoms with Crippen LogP contribution in [-0.4, -0.2) is 72.5 Å². The van der Waals surface area contributed by atoms with Crippen LogP contribution in [0.2, 0.25) is 0 Å². The molecule has 2 aromatic rings. The molecule has 160 valence electrons. The highest BCUT2D eigenvalue weighted by atomic mass is 127. The van der Waals surface area contributed by atoms with Crippen molar-refractivity contribution in [2.75, 3.05) is 51.7 Å². The lowest BCUT2D eigenvalue weighted by Gasteiger charge is -2.34. The normalized spacial score (nSPS) is 15.2. The quantitative estimate of drug-likeness (QED) is 0.353. The molecule has 0 aliphatic carbocycles. The van der Waals surface area contributed by atoms with Gasteiger partial charge in [0.15, 0.2) is 5.96 Å². The molecule has 0 aromatic carbocycles. The number of guanidine groups is 1. The van der Waals surface area contributed by atoms with E-state index >= 15 is 0 Å². The Balaban J connectivity index is 0.00000300. The molecule has 1 aliphatic rings. The number of hydrogen-bond acceptors (Lipinski definition) is 6. The third-order valence-electron chi connectivity index (χ3n) is 4.83. The van der Waals surface area contributed by atoms with Crippen molar-refractivity contribution in [1.29, 1.82) is 0 Å². The van der Waals surface area contributed by atoms with Gasteiger partial charge in [-0.05, 0) is 27.0 Å². The van der Waals surface area contributed by atoms with Crippen LogP contribution in [0.1, 0.15) is 23.2 Å². The first kappa shape index (κ1) is 23.8. The molecule has 0 radical (unpaired) electrons. The van der Waals surface area contributed by atoms with E-state index in [1.165, 1.54) is 5.56 Å². The van der Waals surface area contributed by atoms with Crippen molar-refractivity contribution in [2.45, 2.75) is 26.9 Å². The summed E-state index contributed by atoms with van der Waals surface area (Å²) in [5, 5.41) is 6.60. The van der Waals surface area contributed by atoms with Crippen LogP contribution in [0.5, 0.6) is 0 Å². The summed E-state index contributed by atoms with van der Waals surface area (Å²) in [4.78, 5) is 21.0. The second-order valence-electron chi connectivity index (χ2n) is 7.16. The standard InChI is InChI=1S/C20H31N7S.HI/c1-5-21-20(26(4)14-18-15-28-16(2)24-18)23-13-17-7-6-8-22-19(17)27-11-9-25(3)10-12-27;/h6-8,15H,5,9-14H2,1-4H3,(H,21,23);1H. The molecule has 3 rings (SSSR count). The third-order valence-corrected chi connectivity index (χ3v) is 5.65. The fourth-order valence-electron chi connectivity index (χ4n) is 3.29. The van der Waals surface area contributed by atoms with Gasteiger partial charge in [0, 0.05) is 56.9 Å². The molecular weight excluding hydrogens is 497 g/mol. The summed E-state index contributed by atoms with van der Waals surface area (Å²) in [5.74, 6) is 1.95. The Hall–Kier alpha value is -1.46. The van der Waals surface area contributed by atoms with Gasteiger partial charge in [-0.2, -0.15) is 0 Å². The van der Waals surface area contributed by atoms with E-state index in [0.29, 0.717) is 6.54 Å². The van der Waals surface area contributed by atoms with Gasteiger partial charge < -0.3 is 20.0 Å². The van der Waals surface area contributed by atoms with E-state index in [4.69, 9.17) is 4.99 Å². The van der Waals surface area contributed by atoms with E-state index in [0.717, 1.165) is 61.7 Å². The molecule has 29 heavy (non-hydrogen) atoms. The molecule has 0 spiro atoms. The van der Waals surface area contributed by atoms with Crippen molar-refractivity contribution in [1.82, 2.24) is 25.1 Å². The summed E-state index contributed by atoms with van der Waals surface area (Å²) in [6.45, 7) is 10.5. The second kappa shape index (κ2) is 11.7. The smallest absolute Gasteiger partial charge is 0.194 e. The summed E-state index contributed by atoms with van der Waals surface area (Å²) < 4.78 is 0. The molecule has 9 heteroatoms. The first-order valence-corrected chi connectivity index (χ1v) is 10.7. The topological polar surface area (TPSA) is 59.9 Å². The molecule has 0 unspecified atom stereocenters. The van der Waals surface area contributed by atoms with Gasteiger partial charge in [0.1, 0.15) is 5.82 Å². The number of halogens is 1. The maximum absolute atomic E-state index is 4.89. The largest absolute Gasteiger partial charge is 0.357 e. The van der Waals surface area contributed by atoms with Gasteiger partial charge in [-0.15, -0.1) is 35.3 Å². The number of aliphatic imine (C=N–C) groups is 1. The van der Waals surface area contributed by atoms with E-state index in [9.17, 15) is 0 Å². The highest BCUT2D eigenvalue weighted by molar-refractivity contribution is 14.0. The zero-order chi connectivity index (χ0) is 19.9. The minimum Gasteiger partial charge on any atom is -0.357 e. The average Bonchev–Trinajstić information content (AvgIpc) is 3.10. The van der Waals surface area contributed by atoms with Crippen LogP contribution in [0.4, 0.5) is 5.82 Å². The summed E-state index contributed by atoms with van der Waals surface area (Å²) in [7, 11) is 4.23. The lowest BCUT2D eigenvalue weighted by atomic mass is 10.2. The van der Waals surface area contributed by atoms with E-state index < -0.39 is 0 Å². The molecule has 2 aromatic heterocycles. The average molecular weight is 529 g/mol. The number of pyridine rings is 1. The van der Waals surface area contributed by atoms with Crippen molar-refractivity contribution < 1.29 is 0 Å². The number of anilines is 1. The van der Waals surface area contributed by atoms with Gasteiger partial charge in [-0.3, -0.25) is 0 Å². The summed E-state index contributed by atoms with van der Waals surface area (Å²) in [6.07, 6.45) is 1.88. The Morgan fingerprint density at radius 1 is 1.31 bits per heavy atom. The van der Waals surface area contributed by atoms with E-state index in [-0.39, 0.29) is 24.0 Å². The van der Waals surface area contributed by atoms with Crippen molar-refractivity contribution in [3.8, 4) is 0 Å². The summed E-state index contributed by atoms with van der Waals surface area (Å²) in [5.41, 5.74) is 2.25. The number of likely N-dealkylation sites (N-methyl/N-ethyl adjacent to an activating group) is 1. The van der Waals surface area contributed by atoms with Gasteiger partial charge in [0.25, 0.3) is 0 Å². The molecule has 3 heterocycles. The summed E-state index contributed by atoms with van der Waals surface area (Å²) >= 11 is 1.68. The fraction of sp³-hybridized carbons (Fsp3) is 0.550. The Labute approximate surface area is 195 Å². The van der Waals surface area contributed by atoms with Crippen molar-refractivity contribution in [2.24, 2.45) is 4.99 Å². The number of rotatable bonds is 6. The number of hydrogen-bond donors (Lipinski definition) is 1. The van der Waals surface area contributed by atoms with Crippen LogP contribution in [-0.2, 0) is 13.1 Å². The van der Waals surface area contributed by atoms with Gasteiger partial charge >= 0.3 is 0 Å².